The van der Waals surface area contributed by atoms with Crippen LogP contribution in [0.15, 0.2) is 10.4 Å². The Kier molecular flexibility index (Phi) is 7.67. The zero-order valence-electron chi connectivity index (χ0n) is 14.7. The highest BCUT2D eigenvalue weighted by Gasteiger charge is 2.33. The van der Waals surface area contributed by atoms with Crippen LogP contribution in [0.3, 0.4) is 0 Å². The third kappa shape index (κ3) is 6.81. The summed E-state index contributed by atoms with van der Waals surface area (Å²) < 4.78 is 37.6. The van der Waals surface area contributed by atoms with E-state index in [1.54, 1.807) is 7.05 Å². The van der Waals surface area contributed by atoms with Gasteiger partial charge in [0.05, 0.1) is 6.54 Å². The van der Waals surface area contributed by atoms with Crippen molar-refractivity contribution in [3.05, 3.63) is 16.1 Å². The van der Waals surface area contributed by atoms with Crippen LogP contribution < -0.4 is 16.0 Å². The molecule has 146 valence electrons. The second-order valence-electron chi connectivity index (χ2n) is 6.18. The zero-order chi connectivity index (χ0) is 19.0. The highest BCUT2D eigenvalue weighted by Crippen LogP contribution is 2.30. The molecule has 1 aliphatic carbocycles. The maximum atomic E-state index is 12.5. The molecule has 2 rings (SSSR count). The van der Waals surface area contributed by atoms with E-state index >= 15 is 0 Å². The number of aliphatic imine (C=N–C) groups is 1. The first kappa shape index (κ1) is 20.5. The summed E-state index contributed by atoms with van der Waals surface area (Å²) in [5.74, 6) is 1.01. The molecule has 1 fully saturated rings. The van der Waals surface area contributed by atoms with Gasteiger partial charge in [0.15, 0.2) is 11.7 Å². The van der Waals surface area contributed by atoms with Crippen molar-refractivity contribution in [3.63, 3.8) is 0 Å². The molecule has 0 saturated heterocycles. The van der Waals surface area contributed by atoms with Crippen LogP contribution in [0.4, 0.5) is 13.2 Å². The standard InChI is InChI=1S/C16H24F3N5OS/c1-20-15(23-9-14-24-12(10-26-14)16(17,18)19)22-7-6-21-13(25)8-11-4-2-3-5-11/h10-11H,2-9H2,1H3,(H,21,25)(H2,20,22,23). The van der Waals surface area contributed by atoms with Gasteiger partial charge in [0, 0.05) is 31.9 Å². The smallest absolute Gasteiger partial charge is 0.355 e. The fourth-order valence-electron chi connectivity index (χ4n) is 2.83. The molecule has 0 aromatic carbocycles. The number of amides is 1. The number of thiazole rings is 1. The first-order chi connectivity index (χ1) is 12.4. The number of nitrogens with zero attached hydrogens (tertiary/aromatic N) is 2. The summed E-state index contributed by atoms with van der Waals surface area (Å²) in [4.78, 5) is 19.4. The molecule has 0 radical (unpaired) electrons. The van der Waals surface area contributed by atoms with Crippen LogP contribution in [0.1, 0.15) is 42.8 Å². The van der Waals surface area contributed by atoms with Crippen molar-refractivity contribution < 1.29 is 18.0 Å². The summed E-state index contributed by atoms with van der Waals surface area (Å²) >= 11 is 0.943. The molecular formula is C16H24F3N5OS. The Hall–Kier alpha value is -1.84. The topological polar surface area (TPSA) is 78.4 Å². The average molecular weight is 391 g/mol. The lowest BCUT2D eigenvalue weighted by molar-refractivity contribution is -0.140. The maximum absolute atomic E-state index is 12.5. The van der Waals surface area contributed by atoms with Gasteiger partial charge in [-0.2, -0.15) is 13.2 Å². The molecule has 1 heterocycles. The van der Waals surface area contributed by atoms with Crippen molar-refractivity contribution in [1.29, 1.82) is 0 Å². The van der Waals surface area contributed by atoms with Crippen molar-refractivity contribution in [2.75, 3.05) is 20.1 Å². The molecule has 0 unspecified atom stereocenters. The second-order valence-corrected chi connectivity index (χ2v) is 7.12. The molecule has 26 heavy (non-hydrogen) atoms. The Morgan fingerprint density at radius 3 is 2.58 bits per heavy atom. The van der Waals surface area contributed by atoms with E-state index in [0.29, 0.717) is 36.4 Å². The quantitative estimate of drug-likeness (QED) is 0.379. The number of rotatable bonds is 7. The van der Waals surface area contributed by atoms with E-state index in [1.165, 1.54) is 12.8 Å². The minimum Gasteiger partial charge on any atom is -0.355 e. The zero-order valence-corrected chi connectivity index (χ0v) is 15.5. The molecule has 1 aliphatic rings. The molecule has 1 amide bonds. The lowest BCUT2D eigenvalue weighted by Crippen LogP contribution is -2.41. The summed E-state index contributed by atoms with van der Waals surface area (Å²) in [6, 6.07) is 0. The van der Waals surface area contributed by atoms with Crippen LogP contribution in [-0.4, -0.2) is 37.0 Å². The third-order valence-corrected chi connectivity index (χ3v) is 5.01. The predicted molar refractivity (Wildman–Crippen MR) is 94.9 cm³/mol. The Morgan fingerprint density at radius 1 is 1.27 bits per heavy atom. The summed E-state index contributed by atoms with van der Waals surface area (Å²) in [6.45, 7) is 1.08. The predicted octanol–water partition coefficient (Wildman–Crippen LogP) is 2.52. The van der Waals surface area contributed by atoms with Crippen molar-refractivity contribution in [2.24, 2.45) is 10.9 Å². The van der Waals surface area contributed by atoms with E-state index in [4.69, 9.17) is 0 Å². The van der Waals surface area contributed by atoms with Crippen LogP contribution in [0.5, 0.6) is 0 Å². The molecule has 0 spiro atoms. The summed E-state index contributed by atoms with van der Waals surface area (Å²) in [5.41, 5.74) is -0.882. The average Bonchev–Trinajstić information content (AvgIpc) is 3.25. The summed E-state index contributed by atoms with van der Waals surface area (Å²) in [5, 5.41) is 10.1. The lowest BCUT2D eigenvalue weighted by atomic mass is 10.0. The molecule has 1 saturated carbocycles. The molecule has 1 aromatic rings. The fourth-order valence-corrected chi connectivity index (χ4v) is 3.57. The number of guanidine groups is 1. The molecule has 1 aromatic heterocycles. The van der Waals surface area contributed by atoms with E-state index in [0.717, 1.165) is 29.6 Å². The Morgan fingerprint density at radius 2 is 1.96 bits per heavy atom. The largest absolute Gasteiger partial charge is 0.434 e. The molecule has 3 N–H and O–H groups in total. The highest BCUT2D eigenvalue weighted by molar-refractivity contribution is 7.09. The second kappa shape index (κ2) is 9.75. The van der Waals surface area contributed by atoms with Crippen LogP contribution in [0, 0.1) is 5.92 Å². The SMILES string of the molecule is CN=C(NCCNC(=O)CC1CCCC1)NCc1nc(C(F)(F)F)cs1. The Labute approximate surface area is 154 Å². The number of halogens is 3. The number of alkyl halides is 3. The number of carbonyl (C=O) groups is 1. The first-order valence-corrected chi connectivity index (χ1v) is 9.49. The van der Waals surface area contributed by atoms with Crippen LogP contribution in [0.25, 0.3) is 0 Å². The van der Waals surface area contributed by atoms with Gasteiger partial charge in [-0.15, -0.1) is 11.3 Å². The van der Waals surface area contributed by atoms with Gasteiger partial charge in [-0.1, -0.05) is 12.8 Å². The van der Waals surface area contributed by atoms with Gasteiger partial charge in [-0.25, -0.2) is 4.98 Å². The lowest BCUT2D eigenvalue weighted by Gasteiger charge is -2.12. The van der Waals surface area contributed by atoms with E-state index in [1.807, 2.05) is 0 Å². The number of nitrogens with one attached hydrogen (secondary N) is 3. The monoisotopic (exact) mass is 391 g/mol. The number of hydrogen-bond donors (Lipinski definition) is 3. The van der Waals surface area contributed by atoms with Crippen molar-refractivity contribution >= 4 is 23.2 Å². The number of aromatic nitrogens is 1. The molecule has 0 atom stereocenters. The van der Waals surface area contributed by atoms with Crippen LogP contribution >= 0.6 is 11.3 Å². The molecule has 0 bridgehead atoms. The molecule has 0 aliphatic heterocycles. The Bertz CT molecular complexity index is 611. The van der Waals surface area contributed by atoms with Gasteiger partial charge < -0.3 is 16.0 Å². The third-order valence-electron chi connectivity index (χ3n) is 4.16. The van der Waals surface area contributed by atoms with Crippen molar-refractivity contribution in [2.45, 2.75) is 44.8 Å². The Balaban J connectivity index is 1.63. The van der Waals surface area contributed by atoms with E-state index in [2.05, 4.69) is 25.9 Å². The minimum atomic E-state index is -4.43. The van der Waals surface area contributed by atoms with Crippen LogP contribution in [-0.2, 0) is 17.5 Å². The molecular weight excluding hydrogens is 367 g/mol. The fraction of sp³-hybridized carbons (Fsp3) is 0.688. The van der Waals surface area contributed by atoms with Gasteiger partial charge in [0.25, 0.3) is 0 Å². The summed E-state index contributed by atoms with van der Waals surface area (Å²) in [7, 11) is 1.57. The van der Waals surface area contributed by atoms with Gasteiger partial charge in [-0.3, -0.25) is 9.79 Å². The maximum Gasteiger partial charge on any atom is 0.434 e. The normalized spacial score (nSPS) is 15.9. The van der Waals surface area contributed by atoms with E-state index in [-0.39, 0.29) is 12.5 Å². The highest BCUT2D eigenvalue weighted by atomic mass is 32.1. The summed E-state index contributed by atoms with van der Waals surface area (Å²) in [6.07, 6.45) is 0.851. The van der Waals surface area contributed by atoms with Gasteiger partial charge >= 0.3 is 6.18 Å². The van der Waals surface area contributed by atoms with Crippen LogP contribution in [0.2, 0.25) is 0 Å². The van der Waals surface area contributed by atoms with Gasteiger partial charge in [0.2, 0.25) is 5.91 Å². The van der Waals surface area contributed by atoms with Gasteiger partial charge in [-0.05, 0) is 18.8 Å². The van der Waals surface area contributed by atoms with Gasteiger partial charge in [0.1, 0.15) is 5.01 Å². The van der Waals surface area contributed by atoms with Crippen molar-refractivity contribution in [3.8, 4) is 0 Å². The van der Waals surface area contributed by atoms with E-state index < -0.39 is 11.9 Å². The van der Waals surface area contributed by atoms with E-state index in [9.17, 15) is 18.0 Å². The number of carbonyl (C=O) groups excluding carboxylic acids is 1. The minimum absolute atomic E-state index is 0.0594. The first-order valence-electron chi connectivity index (χ1n) is 8.61. The number of hydrogen-bond acceptors (Lipinski definition) is 4. The molecule has 6 nitrogen and oxygen atoms in total. The molecule has 10 heteroatoms. The van der Waals surface area contributed by atoms with Crippen molar-refractivity contribution in [1.82, 2.24) is 20.9 Å².